The Hall–Kier alpha value is -1.26. The predicted molar refractivity (Wildman–Crippen MR) is 57.2 cm³/mol. The Balaban J connectivity index is 2.35. The zero-order valence-corrected chi connectivity index (χ0v) is 9.40. The first kappa shape index (κ1) is 11.8. The highest BCUT2D eigenvalue weighted by Crippen LogP contribution is 2.20. The fourth-order valence-electron chi connectivity index (χ4n) is 1.90. The second-order valence-corrected chi connectivity index (χ2v) is 4.28. The topological polar surface area (TPSA) is 66.6 Å². The van der Waals surface area contributed by atoms with Gasteiger partial charge in [0.25, 0.3) is 0 Å². The van der Waals surface area contributed by atoms with Gasteiger partial charge in [0.15, 0.2) is 0 Å². The highest BCUT2D eigenvalue weighted by Gasteiger charge is 2.24. The highest BCUT2D eigenvalue weighted by molar-refractivity contribution is 5.75. The Kier molecular flexibility index (Phi) is 3.94. The first-order chi connectivity index (χ1) is 7.00. The molecule has 1 aliphatic rings. The van der Waals surface area contributed by atoms with Gasteiger partial charge in [-0.05, 0) is 18.8 Å². The Labute approximate surface area is 90.2 Å². The summed E-state index contributed by atoms with van der Waals surface area (Å²) in [6.45, 7) is 1.46. The summed E-state index contributed by atoms with van der Waals surface area (Å²) in [5, 5.41) is 0. The van der Waals surface area contributed by atoms with Crippen molar-refractivity contribution in [2.75, 3.05) is 27.2 Å². The van der Waals surface area contributed by atoms with Crippen LogP contribution in [0.5, 0.6) is 0 Å². The van der Waals surface area contributed by atoms with Gasteiger partial charge in [0.2, 0.25) is 5.91 Å². The van der Waals surface area contributed by atoms with Crippen LogP contribution in [0.4, 0.5) is 4.79 Å². The lowest BCUT2D eigenvalue weighted by Gasteiger charge is -2.33. The molecule has 0 atom stereocenters. The Morgan fingerprint density at radius 2 is 1.87 bits per heavy atom. The lowest BCUT2D eigenvalue weighted by Crippen LogP contribution is -2.44. The van der Waals surface area contributed by atoms with E-state index >= 15 is 0 Å². The van der Waals surface area contributed by atoms with Crippen LogP contribution in [0.25, 0.3) is 0 Å². The van der Waals surface area contributed by atoms with Crippen molar-refractivity contribution in [2.45, 2.75) is 19.3 Å². The third-order valence-electron chi connectivity index (χ3n) is 2.76. The number of piperidine rings is 1. The van der Waals surface area contributed by atoms with Gasteiger partial charge in [0, 0.05) is 33.6 Å². The van der Waals surface area contributed by atoms with Crippen LogP contribution in [-0.2, 0) is 4.79 Å². The van der Waals surface area contributed by atoms with Gasteiger partial charge >= 0.3 is 6.03 Å². The van der Waals surface area contributed by atoms with E-state index in [4.69, 9.17) is 5.73 Å². The molecule has 0 aromatic rings. The second kappa shape index (κ2) is 5.00. The molecule has 2 N–H and O–H groups in total. The molecule has 0 spiro atoms. The molecule has 1 saturated heterocycles. The van der Waals surface area contributed by atoms with Crippen molar-refractivity contribution in [3.05, 3.63) is 0 Å². The number of nitrogens with two attached hydrogens (primary N) is 1. The van der Waals surface area contributed by atoms with Crippen molar-refractivity contribution >= 4 is 11.9 Å². The van der Waals surface area contributed by atoms with E-state index in [1.807, 2.05) is 4.90 Å². The maximum atomic E-state index is 11.6. The van der Waals surface area contributed by atoms with E-state index in [2.05, 4.69) is 0 Å². The van der Waals surface area contributed by atoms with Crippen LogP contribution in [0.3, 0.4) is 0 Å². The summed E-state index contributed by atoms with van der Waals surface area (Å²) in [6, 6.07) is 0.0486. The average Bonchev–Trinajstić information content (AvgIpc) is 2.17. The quantitative estimate of drug-likeness (QED) is 0.714. The van der Waals surface area contributed by atoms with Crippen LogP contribution in [0.2, 0.25) is 0 Å². The Morgan fingerprint density at radius 1 is 1.33 bits per heavy atom. The summed E-state index contributed by atoms with van der Waals surface area (Å²) in [5.74, 6) is 0.112. The summed E-state index contributed by atoms with van der Waals surface area (Å²) in [4.78, 5) is 25.7. The molecular weight excluding hydrogens is 194 g/mol. The van der Waals surface area contributed by atoms with Crippen molar-refractivity contribution in [2.24, 2.45) is 11.7 Å². The monoisotopic (exact) mass is 213 g/mol. The van der Waals surface area contributed by atoms with Crippen molar-refractivity contribution in [3.63, 3.8) is 0 Å². The van der Waals surface area contributed by atoms with E-state index in [1.165, 1.54) is 0 Å². The third-order valence-corrected chi connectivity index (χ3v) is 2.76. The van der Waals surface area contributed by atoms with Crippen LogP contribution >= 0.6 is 0 Å². The maximum Gasteiger partial charge on any atom is 0.319 e. The molecule has 3 amide bonds. The zero-order valence-electron chi connectivity index (χ0n) is 9.40. The largest absolute Gasteiger partial charge is 0.370 e. The van der Waals surface area contributed by atoms with E-state index in [-0.39, 0.29) is 11.9 Å². The molecule has 0 aromatic carbocycles. The highest BCUT2D eigenvalue weighted by atomic mass is 16.2. The van der Waals surface area contributed by atoms with Gasteiger partial charge in [-0.15, -0.1) is 0 Å². The lowest BCUT2D eigenvalue weighted by atomic mass is 9.93. The molecule has 1 aliphatic heterocycles. The van der Waals surface area contributed by atoms with Crippen LogP contribution < -0.4 is 5.73 Å². The molecule has 86 valence electrons. The summed E-state index contributed by atoms with van der Waals surface area (Å²) in [5.41, 5.74) is 5.14. The molecular formula is C10H19N3O2. The minimum Gasteiger partial charge on any atom is -0.370 e. The average molecular weight is 213 g/mol. The van der Waals surface area contributed by atoms with E-state index in [1.54, 1.807) is 19.0 Å². The van der Waals surface area contributed by atoms with E-state index in [0.717, 1.165) is 25.9 Å². The minimum atomic E-state index is -0.243. The molecule has 1 heterocycles. The smallest absolute Gasteiger partial charge is 0.319 e. The first-order valence-electron chi connectivity index (χ1n) is 5.25. The van der Waals surface area contributed by atoms with Crippen molar-refractivity contribution in [1.29, 1.82) is 0 Å². The van der Waals surface area contributed by atoms with Crippen LogP contribution in [0, 0.1) is 5.92 Å². The second-order valence-electron chi connectivity index (χ2n) is 4.28. The molecule has 0 bridgehead atoms. The standard InChI is InChI=1S/C10H19N3O2/c1-12(2)10(15)13-5-3-8(4-6-13)7-9(11)14/h8H,3-7H2,1-2H3,(H2,11,14). The number of hydrogen-bond acceptors (Lipinski definition) is 2. The molecule has 15 heavy (non-hydrogen) atoms. The molecule has 0 saturated carbocycles. The van der Waals surface area contributed by atoms with E-state index < -0.39 is 0 Å². The maximum absolute atomic E-state index is 11.6. The van der Waals surface area contributed by atoms with Gasteiger partial charge in [-0.3, -0.25) is 4.79 Å². The molecule has 0 aromatic heterocycles. The number of likely N-dealkylation sites (tertiary alicyclic amines) is 1. The number of amides is 3. The van der Waals surface area contributed by atoms with E-state index in [9.17, 15) is 9.59 Å². The normalized spacial score (nSPS) is 17.6. The number of primary amides is 1. The van der Waals surface area contributed by atoms with Crippen LogP contribution in [0.1, 0.15) is 19.3 Å². The number of rotatable bonds is 2. The molecule has 0 radical (unpaired) electrons. The SMILES string of the molecule is CN(C)C(=O)N1CCC(CC(N)=O)CC1. The molecule has 0 unspecified atom stereocenters. The minimum absolute atomic E-state index is 0.0486. The van der Waals surface area contributed by atoms with Crippen molar-refractivity contribution in [3.8, 4) is 0 Å². The summed E-state index contributed by atoms with van der Waals surface area (Å²) < 4.78 is 0. The molecule has 1 fully saturated rings. The fraction of sp³-hybridized carbons (Fsp3) is 0.800. The molecule has 5 nitrogen and oxygen atoms in total. The summed E-state index contributed by atoms with van der Waals surface area (Å²) in [6.07, 6.45) is 2.20. The van der Waals surface area contributed by atoms with Gasteiger partial charge in [0.05, 0.1) is 0 Å². The number of hydrogen-bond donors (Lipinski definition) is 1. The van der Waals surface area contributed by atoms with Crippen LogP contribution in [-0.4, -0.2) is 48.9 Å². The fourth-order valence-corrected chi connectivity index (χ4v) is 1.90. The van der Waals surface area contributed by atoms with Crippen LogP contribution in [0.15, 0.2) is 0 Å². The van der Waals surface area contributed by atoms with Gasteiger partial charge in [0.1, 0.15) is 0 Å². The van der Waals surface area contributed by atoms with Gasteiger partial charge in [-0.25, -0.2) is 4.79 Å². The summed E-state index contributed by atoms with van der Waals surface area (Å²) in [7, 11) is 3.50. The molecule has 0 aliphatic carbocycles. The first-order valence-corrected chi connectivity index (χ1v) is 5.25. The summed E-state index contributed by atoms with van der Waals surface area (Å²) >= 11 is 0. The number of nitrogens with zero attached hydrogens (tertiary/aromatic N) is 2. The van der Waals surface area contributed by atoms with Crippen molar-refractivity contribution in [1.82, 2.24) is 9.80 Å². The van der Waals surface area contributed by atoms with Gasteiger partial charge < -0.3 is 15.5 Å². The zero-order chi connectivity index (χ0) is 11.4. The number of carbonyl (C=O) groups excluding carboxylic acids is 2. The number of urea groups is 1. The lowest BCUT2D eigenvalue weighted by molar-refractivity contribution is -0.119. The van der Waals surface area contributed by atoms with Crippen molar-refractivity contribution < 1.29 is 9.59 Å². The molecule has 1 rings (SSSR count). The third kappa shape index (κ3) is 3.42. The van der Waals surface area contributed by atoms with Gasteiger partial charge in [-0.2, -0.15) is 0 Å². The predicted octanol–water partition coefficient (Wildman–Crippen LogP) is 0.255. The van der Waals surface area contributed by atoms with Gasteiger partial charge in [-0.1, -0.05) is 0 Å². The van der Waals surface area contributed by atoms with E-state index in [0.29, 0.717) is 12.3 Å². The Bertz CT molecular complexity index is 245. The Morgan fingerprint density at radius 3 is 2.27 bits per heavy atom. The molecule has 5 heteroatoms. The number of carbonyl (C=O) groups is 2.